The van der Waals surface area contributed by atoms with Crippen LogP contribution >= 0.6 is 0 Å². The van der Waals surface area contributed by atoms with Crippen LogP contribution in [0, 0.1) is 0 Å². The van der Waals surface area contributed by atoms with Gasteiger partial charge in [-0.3, -0.25) is 0 Å². The molecule has 0 fully saturated rings. The molecule has 3 nitrogen and oxygen atoms in total. The summed E-state index contributed by atoms with van der Waals surface area (Å²) in [6, 6.07) is 21.9. The van der Waals surface area contributed by atoms with Gasteiger partial charge in [0.1, 0.15) is 23.0 Å². The van der Waals surface area contributed by atoms with Crippen molar-refractivity contribution in [1.82, 2.24) is 0 Å². The second kappa shape index (κ2) is 5.21. The highest BCUT2D eigenvalue weighted by atomic mass is 16.5. The smallest absolute Gasteiger partial charge is 0.139 e. The summed E-state index contributed by atoms with van der Waals surface area (Å²) < 4.78 is 5.91. The maximum atomic E-state index is 10.7. The zero-order valence-corrected chi connectivity index (χ0v) is 12.2. The average molecular weight is 302 g/mol. The Labute approximate surface area is 133 Å². The zero-order valence-electron chi connectivity index (χ0n) is 12.2. The van der Waals surface area contributed by atoms with Gasteiger partial charge in [0, 0.05) is 16.2 Å². The van der Waals surface area contributed by atoms with Gasteiger partial charge in [-0.05, 0) is 18.2 Å². The Bertz CT molecular complexity index is 1010. The van der Waals surface area contributed by atoms with Gasteiger partial charge in [0.2, 0.25) is 0 Å². The van der Waals surface area contributed by atoms with E-state index in [1.54, 1.807) is 30.3 Å². The number of phenolic OH excluding ortho intramolecular Hbond substituents is 2. The SMILES string of the molecule is Oc1c2ccccc2c(O)c2c(Oc3ccccc3)cccc12. The van der Waals surface area contributed by atoms with Crippen molar-refractivity contribution in [3.63, 3.8) is 0 Å². The number of benzene rings is 4. The Morgan fingerprint density at radius 2 is 1.17 bits per heavy atom. The van der Waals surface area contributed by atoms with E-state index < -0.39 is 0 Å². The Hall–Kier alpha value is -3.20. The first kappa shape index (κ1) is 13.5. The predicted octanol–water partition coefficient (Wildman–Crippen LogP) is 5.20. The van der Waals surface area contributed by atoms with Gasteiger partial charge in [0.15, 0.2) is 0 Å². The van der Waals surface area contributed by atoms with Gasteiger partial charge in [-0.25, -0.2) is 0 Å². The third-order valence-electron chi connectivity index (χ3n) is 3.93. The van der Waals surface area contributed by atoms with Gasteiger partial charge in [0.05, 0.1) is 5.39 Å². The summed E-state index contributed by atoms with van der Waals surface area (Å²) in [6.45, 7) is 0. The van der Waals surface area contributed by atoms with Crippen LogP contribution in [-0.2, 0) is 0 Å². The number of ether oxygens (including phenoxy) is 1. The van der Waals surface area contributed by atoms with Gasteiger partial charge in [-0.15, -0.1) is 0 Å². The van der Waals surface area contributed by atoms with E-state index in [4.69, 9.17) is 4.74 Å². The normalized spacial score (nSPS) is 11.0. The van der Waals surface area contributed by atoms with Crippen molar-refractivity contribution in [2.75, 3.05) is 0 Å². The van der Waals surface area contributed by atoms with Crippen molar-refractivity contribution in [3.05, 3.63) is 72.8 Å². The first-order valence-electron chi connectivity index (χ1n) is 7.34. The molecule has 0 bridgehead atoms. The molecule has 0 saturated heterocycles. The molecule has 0 unspecified atom stereocenters. The Balaban J connectivity index is 2.03. The molecule has 0 atom stereocenters. The number of rotatable bonds is 2. The quantitative estimate of drug-likeness (QED) is 0.395. The van der Waals surface area contributed by atoms with Crippen molar-refractivity contribution < 1.29 is 14.9 Å². The number of phenols is 2. The van der Waals surface area contributed by atoms with E-state index in [2.05, 4.69) is 0 Å². The summed E-state index contributed by atoms with van der Waals surface area (Å²) in [6.07, 6.45) is 0. The summed E-state index contributed by atoms with van der Waals surface area (Å²) in [7, 11) is 0. The van der Waals surface area contributed by atoms with Crippen molar-refractivity contribution in [2.45, 2.75) is 0 Å². The van der Waals surface area contributed by atoms with E-state index in [-0.39, 0.29) is 11.5 Å². The molecule has 0 aliphatic heterocycles. The van der Waals surface area contributed by atoms with Crippen molar-refractivity contribution >= 4 is 21.5 Å². The van der Waals surface area contributed by atoms with Gasteiger partial charge in [-0.1, -0.05) is 54.6 Å². The van der Waals surface area contributed by atoms with E-state index >= 15 is 0 Å². The minimum atomic E-state index is 0.111. The highest BCUT2D eigenvalue weighted by Crippen LogP contribution is 2.45. The van der Waals surface area contributed by atoms with E-state index in [1.807, 2.05) is 42.5 Å². The number of para-hydroxylation sites is 1. The van der Waals surface area contributed by atoms with Crippen LogP contribution in [0.1, 0.15) is 0 Å². The summed E-state index contributed by atoms with van der Waals surface area (Å²) in [5.74, 6) is 1.44. The minimum absolute atomic E-state index is 0.111. The zero-order chi connectivity index (χ0) is 15.8. The molecule has 0 heterocycles. The molecule has 4 aromatic carbocycles. The lowest BCUT2D eigenvalue weighted by Gasteiger charge is -2.13. The summed E-state index contributed by atoms with van der Waals surface area (Å²) in [4.78, 5) is 0. The monoisotopic (exact) mass is 302 g/mol. The van der Waals surface area contributed by atoms with Crippen molar-refractivity contribution in [1.29, 1.82) is 0 Å². The number of hydrogen-bond donors (Lipinski definition) is 2. The Kier molecular flexibility index (Phi) is 3.05. The summed E-state index contributed by atoms with van der Waals surface area (Å²) >= 11 is 0. The van der Waals surface area contributed by atoms with Crippen LogP contribution in [0.2, 0.25) is 0 Å². The van der Waals surface area contributed by atoms with E-state index in [9.17, 15) is 10.2 Å². The molecule has 0 aromatic heterocycles. The molecule has 4 aromatic rings. The molecule has 23 heavy (non-hydrogen) atoms. The van der Waals surface area contributed by atoms with Crippen LogP contribution in [-0.4, -0.2) is 10.2 Å². The molecule has 3 heteroatoms. The van der Waals surface area contributed by atoms with Gasteiger partial charge < -0.3 is 14.9 Å². The number of hydrogen-bond acceptors (Lipinski definition) is 3. The first-order chi connectivity index (χ1) is 11.3. The van der Waals surface area contributed by atoms with Crippen LogP contribution in [0.5, 0.6) is 23.0 Å². The third kappa shape index (κ3) is 2.14. The first-order valence-corrected chi connectivity index (χ1v) is 7.34. The van der Waals surface area contributed by atoms with Gasteiger partial charge in [0.25, 0.3) is 0 Å². The molecule has 0 radical (unpaired) electrons. The fourth-order valence-electron chi connectivity index (χ4n) is 2.85. The highest BCUT2D eigenvalue weighted by molar-refractivity contribution is 6.12. The number of fused-ring (bicyclic) bond motifs is 2. The molecule has 0 saturated carbocycles. The van der Waals surface area contributed by atoms with Crippen LogP contribution in [0.15, 0.2) is 72.8 Å². The molecular weight excluding hydrogens is 288 g/mol. The third-order valence-corrected chi connectivity index (χ3v) is 3.93. The fraction of sp³-hybridized carbons (Fsp3) is 0. The predicted molar refractivity (Wildman–Crippen MR) is 91.3 cm³/mol. The van der Waals surface area contributed by atoms with Crippen LogP contribution in [0.25, 0.3) is 21.5 Å². The summed E-state index contributed by atoms with van der Waals surface area (Å²) in [5.41, 5.74) is 0. The molecule has 0 aliphatic carbocycles. The lowest BCUT2D eigenvalue weighted by molar-refractivity contribution is 0.467. The number of aromatic hydroxyl groups is 2. The van der Waals surface area contributed by atoms with Crippen molar-refractivity contribution in [3.8, 4) is 23.0 Å². The Morgan fingerprint density at radius 1 is 0.565 bits per heavy atom. The lowest BCUT2D eigenvalue weighted by Crippen LogP contribution is -1.88. The van der Waals surface area contributed by atoms with Gasteiger partial charge >= 0.3 is 0 Å². The second-order valence-electron chi connectivity index (χ2n) is 5.34. The molecule has 4 rings (SSSR count). The molecule has 0 amide bonds. The van der Waals surface area contributed by atoms with E-state index in [0.29, 0.717) is 33.0 Å². The van der Waals surface area contributed by atoms with Crippen LogP contribution in [0.3, 0.4) is 0 Å². The van der Waals surface area contributed by atoms with Gasteiger partial charge in [-0.2, -0.15) is 0 Å². The lowest BCUT2D eigenvalue weighted by atomic mass is 10.00. The fourth-order valence-corrected chi connectivity index (χ4v) is 2.85. The highest BCUT2D eigenvalue weighted by Gasteiger charge is 2.16. The van der Waals surface area contributed by atoms with E-state index in [1.165, 1.54) is 0 Å². The van der Waals surface area contributed by atoms with E-state index in [0.717, 1.165) is 0 Å². The topological polar surface area (TPSA) is 49.7 Å². The van der Waals surface area contributed by atoms with Crippen molar-refractivity contribution in [2.24, 2.45) is 0 Å². The van der Waals surface area contributed by atoms with Crippen LogP contribution < -0.4 is 4.74 Å². The maximum absolute atomic E-state index is 10.7. The average Bonchev–Trinajstić information content (AvgIpc) is 2.60. The second-order valence-corrected chi connectivity index (χ2v) is 5.34. The molecule has 0 spiro atoms. The largest absolute Gasteiger partial charge is 0.507 e. The molecule has 112 valence electrons. The van der Waals surface area contributed by atoms with Crippen LogP contribution in [0.4, 0.5) is 0 Å². The minimum Gasteiger partial charge on any atom is -0.507 e. The maximum Gasteiger partial charge on any atom is 0.139 e. The standard InChI is InChI=1S/C20H14O3/c21-19-14-9-4-5-10-15(14)20(22)18-16(19)11-6-12-17(18)23-13-7-2-1-3-8-13/h1-12,21-22H. The molecular formula is C20H14O3. The summed E-state index contributed by atoms with van der Waals surface area (Å²) in [5, 5.41) is 23.6. The molecule has 0 aliphatic rings. The molecule has 2 N–H and O–H groups in total. The Morgan fingerprint density at radius 3 is 1.91 bits per heavy atom.